The first-order valence-electron chi connectivity index (χ1n) is 8.36. The van der Waals surface area contributed by atoms with Crippen molar-refractivity contribution in [2.45, 2.75) is 92.0 Å². The summed E-state index contributed by atoms with van der Waals surface area (Å²) in [6.45, 7) is 12.8. The Morgan fingerprint density at radius 1 is 0.778 bits per heavy atom. The first-order valence-corrected chi connectivity index (χ1v) is 8.36. The molecule has 0 spiro atoms. The van der Waals surface area contributed by atoms with Crippen LogP contribution >= 0.6 is 0 Å². The second kappa shape index (κ2) is 12.0. The van der Waals surface area contributed by atoms with Crippen molar-refractivity contribution in [1.82, 2.24) is 5.32 Å². The Bertz CT molecular complexity index is 165. The maximum atomic E-state index is 3.75. The molecule has 0 aliphatic rings. The van der Waals surface area contributed by atoms with Crippen molar-refractivity contribution < 1.29 is 0 Å². The zero-order valence-corrected chi connectivity index (χ0v) is 13.6. The quantitative estimate of drug-likeness (QED) is 0.461. The number of rotatable bonds is 12. The standard InChI is InChI=1S/C17H37N/c1-6-8-9-10-11-12-13-17(18-14-7-2)16(5)15(3)4/h15-18H,6-14H2,1-5H3. The van der Waals surface area contributed by atoms with Gasteiger partial charge in [0.05, 0.1) is 0 Å². The molecule has 2 unspecified atom stereocenters. The monoisotopic (exact) mass is 255 g/mol. The maximum absolute atomic E-state index is 3.75. The molecule has 1 nitrogen and oxygen atoms in total. The molecular weight excluding hydrogens is 218 g/mol. The highest BCUT2D eigenvalue weighted by Gasteiger charge is 2.18. The van der Waals surface area contributed by atoms with E-state index >= 15 is 0 Å². The van der Waals surface area contributed by atoms with Gasteiger partial charge in [-0.05, 0) is 31.2 Å². The fraction of sp³-hybridized carbons (Fsp3) is 1.00. The summed E-state index contributed by atoms with van der Waals surface area (Å²) in [5, 5.41) is 3.75. The lowest BCUT2D eigenvalue weighted by Gasteiger charge is -2.28. The van der Waals surface area contributed by atoms with Crippen molar-refractivity contribution >= 4 is 0 Å². The molecule has 18 heavy (non-hydrogen) atoms. The lowest BCUT2D eigenvalue weighted by Crippen LogP contribution is -2.37. The highest BCUT2D eigenvalue weighted by atomic mass is 14.9. The molecule has 0 bridgehead atoms. The van der Waals surface area contributed by atoms with Crippen molar-refractivity contribution in [2.75, 3.05) is 6.54 Å². The van der Waals surface area contributed by atoms with Gasteiger partial charge in [0, 0.05) is 6.04 Å². The minimum atomic E-state index is 0.733. The summed E-state index contributed by atoms with van der Waals surface area (Å²) in [5.74, 6) is 1.59. The minimum Gasteiger partial charge on any atom is -0.314 e. The van der Waals surface area contributed by atoms with Gasteiger partial charge in [0.2, 0.25) is 0 Å². The first kappa shape index (κ1) is 18.0. The summed E-state index contributed by atoms with van der Waals surface area (Å²) >= 11 is 0. The number of hydrogen-bond donors (Lipinski definition) is 1. The van der Waals surface area contributed by atoms with Gasteiger partial charge < -0.3 is 5.32 Å². The van der Waals surface area contributed by atoms with Crippen LogP contribution in [0.15, 0.2) is 0 Å². The number of hydrogen-bond acceptors (Lipinski definition) is 1. The SMILES string of the molecule is CCCCCCCCC(NCCC)C(C)C(C)C. The molecule has 1 N–H and O–H groups in total. The lowest BCUT2D eigenvalue weighted by molar-refractivity contribution is 0.279. The van der Waals surface area contributed by atoms with Crippen LogP contribution in [-0.2, 0) is 0 Å². The van der Waals surface area contributed by atoms with Crippen LogP contribution in [0.2, 0.25) is 0 Å². The molecule has 1 heteroatoms. The van der Waals surface area contributed by atoms with Gasteiger partial charge in [-0.25, -0.2) is 0 Å². The van der Waals surface area contributed by atoms with Crippen molar-refractivity contribution in [3.05, 3.63) is 0 Å². The third-order valence-corrected chi connectivity index (χ3v) is 4.21. The van der Waals surface area contributed by atoms with E-state index in [9.17, 15) is 0 Å². The summed E-state index contributed by atoms with van der Waals surface area (Å²) in [7, 11) is 0. The first-order chi connectivity index (χ1) is 8.63. The van der Waals surface area contributed by atoms with Gasteiger partial charge >= 0.3 is 0 Å². The predicted octanol–water partition coefficient (Wildman–Crippen LogP) is 5.40. The van der Waals surface area contributed by atoms with E-state index in [4.69, 9.17) is 0 Å². The zero-order valence-electron chi connectivity index (χ0n) is 13.6. The molecule has 0 fully saturated rings. The van der Waals surface area contributed by atoms with Crippen molar-refractivity contribution in [3.8, 4) is 0 Å². The summed E-state index contributed by atoms with van der Waals surface area (Å²) in [5.41, 5.74) is 0. The second-order valence-corrected chi connectivity index (χ2v) is 6.22. The van der Waals surface area contributed by atoms with E-state index in [0.717, 1.165) is 17.9 Å². The zero-order chi connectivity index (χ0) is 13.8. The highest BCUT2D eigenvalue weighted by molar-refractivity contribution is 4.75. The van der Waals surface area contributed by atoms with Crippen LogP contribution in [0.25, 0.3) is 0 Å². The van der Waals surface area contributed by atoms with Crippen LogP contribution in [0.1, 0.15) is 86.0 Å². The Labute approximate surface area is 116 Å². The predicted molar refractivity (Wildman–Crippen MR) is 84.1 cm³/mol. The minimum absolute atomic E-state index is 0.733. The molecule has 2 atom stereocenters. The highest BCUT2D eigenvalue weighted by Crippen LogP contribution is 2.19. The van der Waals surface area contributed by atoms with E-state index in [2.05, 4.69) is 39.9 Å². The largest absolute Gasteiger partial charge is 0.314 e. The van der Waals surface area contributed by atoms with Crippen molar-refractivity contribution in [3.63, 3.8) is 0 Å². The third-order valence-electron chi connectivity index (χ3n) is 4.21. The molecule has 0 aromatic heterocycles. The molecule has 0 amide bonds. The van der Waals surface area contributed by atoms with Crippen LogP contribution in [0, 0.1) is 11.8 Å². The fourth-order valence-electron chi connectivity index (χ4n) is 2.49. The van der Waals surface area contributed by atoms with E-state index < -0.39 is 0 Å². The Hall–Kier alpha value is -0.0400. The normalized spacial score (nSPS) is 15.0. The Morgan fingerprint density at radius 2 is 1.39 bits per heavy atom. The Morgan fingerprint density at radius 3 is 1.94 bits per heavy atom. The van der Waals surface area contributed by atoms with E-state index in [1.54, 1.807) is 0 Å². The molecule has 0 saturated carbocycles. The molecule has 0 aliphatic carbocycles. The average molecular weight is 255 g/mol. The summed E-state index contributed by atoms with van der Waals surface area (Å²) in [6.07, 6.45) is 11.1. The van der Waals surface area contributed by atoms with Crippen LogP contribution in [-0.4, -0.2) is 12.6 Å². The number of nitrogens with one attached hydrogen (secondary N) is 1. The molecule has 0 aromatic carbocycles. The smallest absolute Gasteiger partial charge is 0.00951 e. The molecule has 110 valence electrons. The van der Waals surface area contributed by atoms with Crippen molar-refractivity contribution in [1.29, 1.82) is 0 Å². The Balaban J connectivity index is 3.79. The van der Waals surface area contributed by atoms with Crippen LogP contribution in [0.5, 0.6) is 0 Å². The summed E-state index contributed by atoms with van der Waals surface area (Å²) in [4.78, 5) is 0. The molecule has 0 aromatic rings. The van der Waals surface area contributed by atoms with E-state index in [1.807, 2.05) is 0 Å². The molecular formula is C17H37N. The summed E-state index contributed by atoms with van der Waals surface area (Å²) < 4.78 is 0. The lowest BCUT2D eigenvalue weighted by atomic mass is 9.87. The second-order valence-electron chi connectivity index (χ2n) is 6.22. The molecule has 0 rings (SSSR count). The Kier molecular flexibility index (Phi) is 12.0. The fourth-order valence-corrected chi connectivity index (χ4v) is 2.49. The molecule has 0 radical (unpaired) electrons. The van der Waals surface area contributed by atoms with Gasteiger partial charge in [0.15, 0.2) is 0 Å². The van der Waals surface area contributed by atoms with E-state index in [0.29, 0.717) is 0 Å². The van der Waals surface area contributed by atoms with Crippen LogP contribution in [0.4, 0.5) is 0 Å². The molecule has 0 heterocycles. The third kappa shape index (κ3) is 8.97. The summed E-state index contributed by atoms with van der Waals surface area (Å²) in [6, 6.07) is 0.733. The van der Waals surface area contributed by atoms with Gasteiger partial charge in [0.25, 0.3) is 0 Å². The van der Waals surface area contributed by atoms with Crippen molar-refractivity contribution in [2.24, 2.45) is 11.8 Å². The van der Waals surface area contributed by atoms with Gasteiger partial charge in [-0.2, -0.15) is 0 Å². The topological polar surface area (TPSA) is 12.0 Å². The number of unbranched alkanes of at least 4 members (excludes halogenated alkanes) is 5. The van der Waals surface area contributed by atoms with Gasteiger partial charge in [0.1, 0.15) is 0 Å². The van der Waals surface area contributed by atoms with Gasteiger partial charge in [-0.1, -0.05) is 73.1 Å². The maximum Gasteiger partial charge on any atom is 0.00951 e. The molecule has 0 saturated heterocycles. The van der Waals surface area contributed by atoms with E-state index in [1.165, 1.54) is 57.9 Å². The van der Waals surface area contributed by atoms with Crippen LogP contribution in [0.3, 0.4) is 0 Å². The average Bonchev–Trinajstić information content (AvgIpc) is 2.36. The van der Waals surface area contributed by atoms with Gasteiger partial charge in [-0.15, -0.1) is 0 Å². The van der Waals surface area contributed by atoms with Crippen LogP contribution < -0.4 is 5.32 Å². The molecule has 0 aliphatic heterocycles. The van der Waals surface area contributed by atoms with Gasteiger partial charge in [-0.3, -0.25) is 0 Å². The van der Waals surface area contributed by atoms with E-state index in [-0.39, 0.29) is 0 Å².